The van der Waals surface area contributed by atoms with Gasteiger partial charge < -0.3 is 11.1 Å². The van der Waals surface area contributed by atoms with E-state index in [0.29, 0.717) is 34.7 Å². The molecule has 0 spiro atoms. The summed E-state index contributed by atoms with van der Waals surface area (Å²) < 4.78 is 43.2. The quantitative estimate of drug-likeness (QED) is 0.181. The number of anilines is 1. The van der Waals surface area contributed by atoms with Crippen LogP contribution in [0.25, 0.3) is 21.3 Å². The Morgan fingerprint density at radius 3 is 2.27 bits per heavy atom. The summed E-state index contributed by atoms with van der Waals surface area (Å²) in [6.45, 7) is 1.82. The van der Waals surface area contributed by atoms with E-state index in [0.717, 1.165) is 50.2 Å². The highest BCUT2D eigenvalue weighted by Crippen LogP contribution is 2.59. The first-order valence-corrected chi connectivity index (χ1v) is 15.1. The SMILES string of the molecule is Cc1ccc(-c2cc(C(F)(F)F)nc3sc(C(N)=O)c(NC(=O)c4nn(C56CC7CC(CC(C7)C5)C6)cc4[N+](=O)[O-])c23)cc1. The van der Waals surface area contributed by atoms with E-state index >= 15 is 0 Å². The number of nitrogens with zero attached hydrogens (tertiary/aromatic N) is 4. The number of thiophene rings is 1. The number of aryl methyl sites for hydroxylation is 1. The smallest absolute Gasteiger partial charge is 0.365 e. The standard InChI is InChI=1S/C30H27F3N6O4S/c1-14-2-4-18(5-3-14)19-9-21(30(31,32)33)35-28-22(19)24(25(44-28)26(34)40)36-27(41)23-20(39(42)43)13-38(37-23)29-10-15-6-16(11-29)8-17(7-15)12-29/h2-5,9,13,15-17H,6-8,10-12H2,1H3,(H2,34,40)(H,36,41). The number of halogens is 3. The first kappa shape index (κ1) is 28.4. The maximum Gasteiger partial charge on any atom is 0.433 e. The number of fused-ring (bicyclic) bond motifs is 1. The van der Waals surface area contributed by atoms with Gasteiger partial charge in [-0.05, 0) is 80.4 Å². The fraction of sp³-hybridized carbons (Fsp3) is 0.400. The Morgan fingerprint density at radius 1 is 1.11 bits per heavy atom. The second-order valence-electron chi connectivity index (χ2n) is 12.4. The molecule has 4 bridgehead atoms. The fourth-order valence-electron chi connectivity index (χ4n) is 7.92. The molecule has 4 aromatic rings. The zero-order chi connectivity index (χ0) is 31.1. The van der Waals surface area contributed by atoms with Gasteiger partial charge in [-0.25, -0.2) is 4.98 Å². The summed E-state index contributed by atoms with van der Waals surface area (Å²) in [5.41, 5.74) is 4.25. The van der Waals surface area contributed by atoms with Gasteiger partial charge in [0.2, 0.25) is 5.69 Å². The van der Waals surface area contributed by atoms with Crippen LogP contribution in [-0.4, -0.2) is 31.5 Å². The summed E-state index contributed by atoms with van der Waals surface area (Å²) in [7, 11) is 0. The van der Waals surface area contributed by atoms with Gasteiger partial charge in [-0.15, -0.1) is 11.3 Å². The highest BCUT2D eigenvalue weighted by molar-refractivity contribution is 7.21. The van der Waals surface area contributed by atoms with Crippen molar-refractivity contribution >= 4 is 44.7 Å². The molecular weight excluding hydrogens is 597 g/mol. The maximum atomic E-state index is 13.9. The van der Waals surface area contributed by atoms with Crippen molar-refractivity contribution in [3.8, 4) is 11.1 Å². The molecule has 4 saturated carbocycles. The van der Waals surface area contributed by atoms with Gasteiger partial charge in [0.15, 0.2) is 0 Å². The number of rotatable bonds is 6. The average molecular weight is 625 g/mol. The predicted octanol–water partition coefficient (Wildman–Crippen LogP) is 6.67. The molecule has 10 nitrogen and oxygen atoms in total. The highest BCUT2D eigenvalue weighted by atomic mass is 32.1. The number of amides is 2. The summed E-state index contributed by atoms with van der Waals surface area (Å²) >= 11 is 0.606. The number of aromatic nitrogens is 3. The maximum absolute atomic E-state index is 13.9. The number of hydrogen-bond acceptors (Lipinski definition) is 7. The second kappa shape index (κ2) is 9.84. The van der Waals surface area contributed by atoms with Gasteiger partial charge in [-0.3, -0.25) is 24.4 Å². The van der Waals surface area contributed by atoms with E-state index in [1.807, 2.05) is 6.92 Å². The topological polar surface area (TPSA) is 146 Å². The molecule has 0 saturated heterocycles. The van der Waals surface area contributed by atoms with Gasteiger partial charge in [-0.1, -0.05) is 29.8 Å². The summed E-state index contributed by atoms with van der Waals surface area (Å²) in [6, 6.07) is 7.53. The third-order valence-electron chi connectivity index (χ3n) is 9.38. The van der Waals surface area contributed by atoms with Crippen LogP contribution in [0.5, 0.6) is 0 Å². The van der Waals surface area contributed by atoms with Gasteiger partial charge >= 0.3 is 11.9 Å². The first-order chi connectivity index (χ1) is 20.8. The van der Waals surface area contributed by atoms with Gasteiger partial charge in [0.1, 0.15) is 21.6 Å². The summed E-state index contributed by atoms with van der Waals surface area (Å²) in [6.07, 6.45) is 2.47. The van der Waals surface area contributed by atoms with Crippen molar-refractivity contribution in [2.45, 2.75) is 57.2 Å². The van der Waals surface area contributed by atoms with E-state index < -0.39 is 45.5 Å². The van der Waals surface area contributed by atoms with Crippen LogP contribution in [0.3, 0.4) is 0 Å². The number of nitro groups is 1. The molecule has 0 unspecified atom stereocenters. The number of primary amides is 1. The Balaban J connectivity index is 1.35. The molecule has 0 radical (unpaired) electrons. The second-order valence-corrected chi connectivity index (χ2v) is 13.4. The minimum absolute atomic E-state index is 0.0648. The van der Waals surface area contributed by atoms with Gasteiger partial charge in [0.25, 0.3) is 11.8 Å². The summed E-state index contributed by atoms with van der Waals surface area (Å²) in [5, 5.41) is 19.2. The number of pyridine rings is 1. The molecule has 228 valence electrons. The van der Waals surface area contributed by atoms with Gasteiger partial charge in [0.05, 0.1) is 16.1 Å². The van der Waals surface area contributed by atoms with Crippen LogP contribution in [0.2, 0.25) is 0 Å². The lowest BCUT2D eigenvalue weighted by atomic mass is 9.53. The molecule has 4 aliphatic carbocycles. The lowest BCUT2D eigenvalue weighted by Crippen LogP contribution is -2.52. The molecule has 0 atom stereocenters. The van der Waals surface area contributed by atoms with Crippen LogP contribution in [-0.2, 0) is 11.7 Å². The van der Waals surface area contributed by atoms with Crippen molar-refractivity contribution < 1.29 is 27.7 Å². The van der Waals surface area contributed by atoms with Crippen LogP contribution in [0.15, 0.2) is 36.5 Å². The lowest BCUT2D eigenvalue weighted by molar-refractivity contribution is -0.385. The van der Waals surface area contributed by atoms with E-state index in [1.54, 1.807) is 28.9 Å². The molecule has 3 heterocycles. The minimum Gasteiger partial charge on any atom is -0.365 e. The van der Waals surface area contributed by atoms with Gasteiger partial charge in [-0.2, -0.15) is 18.3 Å². The highest BCUT2D eigenvalue weighted by Gasteiger charge is 2.53. The van der Waals surface area contributed by atoms with Crippen molar-refractivity contribution in [1.29, 1.82) is 0 Å². The fourth-order valence-corrected chi connectivity index (χ4v) is 8.93. The number of carbonyl (C=O) groups excluding carboxylic acids is 2. The molecular formula is C30H27F3N6O4S. The molecule has 4 aliphatic rings. The number of benzene rings is 1. The van der Waals surface area contributed by atoms with Crippen LogP contribution in [0.4, 0.5) is 24.5 Å². The molecule has 2 amide bonds. The molecule has 3 aromatic heterocycles. The van der Waals surface area contributed by atoms with E-state index in [-0.39, 0.29) is 26.3 Å². The zero-order valence-corrected chi connectivity index (χ0v) is 24.3. The Morgan fingerprint density at radius 2 is 1.73 bits per heavy atom. The molecule has 1 aromatic carbocycles. The number of carbonyl (C=O) groups is 2. The molecule has 0 aliphatic heterocycles. The Hall–Kier alpha value is -4.33. The number of nitrogens with one attached hydrogen (secondary N) is 1. The predicted molar refractivity (Wildman–Crippen MR) is 156 cm³/mol. The Bertz CT molecular complexity index is 1830. The van der Waals surface area contributed by atoms with E-state index in [9.17, 15) is 32.9 Å². The monoisotopic (exact) mass is 624 g/mol. The molecule has 8 rings (SSSR count). The zero-order valence-electron chi connectivity index (χ0n) is 23.5. The number of hydrogen-bond donors (Lipinski definition) is 2. The Labute approximate surface area is 252 Å². The van der Waals surface area contributed by atoms with Gasteiger partial charge in [0, 0.05) is 5.39 Å². The number of nitrogens with two attached hydrogens (primary N) is 1. The van der Waals surface area contributed by atoms with E-state index in [2.05, 4.69) is 15.4 Å². The third kappa shape index (κ3) is 4.62. The molecule has 4 fully saturated rings. The van der Waals surface area contributed by atoms with Crippen LogP contribution >= 0.6 is 11.3 Å². The average Bonchev–Trinajstić information content (AvgIpc) is 3.55. The van der Waals surface area contributed by atoms with Crippen LogP contribution in [0, 0.1) is 34.8 Å². The minimum atomic E-state index is -4.79. The van der Waals surface area contributed by atoms with Crippen molar-refractivity contribution in [2.75, 3.05) is 5.32 Å². The van der Waals surface area contributed by atoms with Crippen molar-refractivity contribution in [2.24, 2.45) is 23.5 Å². The van der Waals surface area contributed by atoms with E-state index in [1.165, 1.54) is 6.20 Å². The lowest BCUT2D eigenvalue weighted by Gasteiger charge is -2.56. The van der Waals surface area contributed by atoms with Crippen molar-refractivity contribution in [1.82, 2.24) is 14.8 Å². The van der Waals surface area contributed by atoms with Crippen LogP contribution in [0.1, 0.15) is 69.9 Å². The molecule has 44 heavy (non-hydrogen) atoms. The Kier molecular flexibility index (Phi) is 6.36. The normalized spacial score (nSPS) is 24.1. The van der Waals surface area contributed by atoms with Crippen molar-refractivity contribution in [3.63, 3.8) is 0 Å². The largest absolute Gasteiger partial charge is 0.433 e. The summed E-state index contributed by atoms with van der Waals surface area (Å²) in [5.74, 6) is -0.415. The summed E-state index contributed by atoms with van der Waals surface area (Å²) in [4.78, 5) is 41.1. The van der Waals surface area contributed by atoms with E-state index in [4.69, 9.17) is 5.73 Å². The van der Waals surface area contributed by atoms with Crippen molar-refractivity contribution in [3.05, 3.63) is 68.5 Å². The third-order valence-corrected chi connectivity index (χ3v) is 10.5. The van der Waals surface area contributed by atoms with Crippen LogP contribution < -0.4 is 11.1 Å². The molecule has 3 N–H and O–H groups in total. The first-order valence-electron chi connectivity index (χ1n) is 14.3. The molecule has 14 heteroatoms. The number of alkyl halides is 3.